The molecule has 1 fully saturated rings. The van der Waals surface area contributed by atoms with Crippen LogP contribution in [0.15, 0.2) is 24.5 Å². The van der Waals surface area contributed by atoms with E-state index in [0.717, 1.165) is 5.56 Å². The third kappa shape index (κ3) is 4.38. The van der Waals surface area contributed by atoms with Crippen molar-refractivity contribution in [2.45, 2.75) is 32.7 Å². The number of ether oxygens (including phenoxy) is 1. The maximum atomic E-state index is 11.8. The molecule has 0 atom stereocenters. The first-order valence-corrected chi connectivity index (χ1v) is 7.99. The summed E-state index contributed by atoms with van der Waals surface area (Å²) in [6.07, 6.45) is 0.933. The summed E-state index contributed by atoms with van der Waals surface area (Å²) in [5.74, 6) is 0.354. The van der Waals surface area contributed by atoms with E-state index in [9.17, 15) is 14.9 Å². The summed E-state index contributed by atoms with van der Waals surface area (Å²) >= 11 is 5.97. The topological polar surface area (TPSA) is 84.7 Å². The lowest BCUT2D eigenvalue weighted by Crippen LogP contribution is -2.42. The van der Waals surface area contributed by atoms with Crippen LogP contribution in [0.25, 0.3) is 0 Å². The van der Waals surface area contributed by atoms with Crippen molar-refractivity contribution in [3.8, 4) is 0 Å². The first kappa shape index (κ1) is 18.1. The van der Waals surface area contributed by atoms with E-state index in [1.165, 1.54) is 6.07 Å². The van der Waals surface area contributed by atoms with Crippen LogP contribution in [0.3, 0.4) is 0 Å². The Kier molecular flexibility index (Phi) is 5.66. The molecule has 1 amide bonds. The predicted molar refractivity (Wildman–Crippen MR) is 92.4 cm³/mol. The molecule has 1 N–H and O–H groups in total. The number of nitro benzene ring substituents is 1. The van der Waals surface area contributed by atoms with E-state index in [1.54, 1.807) is 24.8 Å². The molecule has 1 aliphatic rings. The fraction of sp³-hybridized carbons (Fsp3) is 0.438. The van der Waals surface area contributed by atoms with Gasteiger partial charge in [0.25, 0.3) is 5.69 Å². The lowest BCUT2D eigenvalue weighted by molar-refractivity contribution is -0.384. The van der Waals surface area contributed by atoms with Crippen LogP contribution >= 0.6 is 11.6 Å². The van der Waals surface area contributed by atoms with E-state index in [2.05, 4.69) is 11.9 Å². The number of halogens is 1. The number of aryl methyl sites for hydroxylation is 1. The van der Waals surface area contributed by atoms with Gasteiger partial charge in [0, 0.05) is 25.2 Å². The summed E-state index contributed by atoms with van der Waals surface area (Å²) in [6, 6.07) is 3.08. The summed E-state index contributed by atoms with van der Waals surface area (Å²) in [7, 11) is 0. The van der Waals surface area contributed by atoms with Gasteiger partial charge in [-0.05, 0) is 38.3 Å². The van der Waals surface area contributed by atoms with E-state index in [0.29, 0.717) is 42.4 Å². The Hall–Kier alpha value is -2.28. The molecule has 130 valence electrons. The minimum Gasteiger partial charge on any atom is -0.416 e. The number of nitro groups is 1. The van der Waals surface area contributed by atoms with Crippen molar-refractivity contribution >= 4 is 29.1 Å². The average molecular weight is 354 g/mol. The van der Waals surface area contributed by atoms with E-state index in [-0.39, 0.29) is 11.7 Å². The molecule has 8 heteroatoms. The van der Waals surface area contributed by atoms with E-state index in [4.69, 9.17) is 16.3 Å². The van der Waals surface area contributed by atoms with Crippen molar-refractivity contribution in [2.24, 2.45) is 0 Å². The van der Waals surface area contributed by atoms with E-state index in [1.807, 2.05) is 0 Å². The van der Waals surface area contributed by atoms with Crippen LogP contribution in [-0.2, 0) is 4.74 Å². The van der Waals surface area contributed by atoms with Crippen LogP contribution in [0.2, 0.25) is 5.02 Å². The Morgan fingerprint density at radius 2 is 2.08 bits per heavy atom. The van der Waals surface area contributed by atoms with Crippen molar-refractivity contribution < 1.29 is 14.5 Å². The maximum Gasteiger partial charge on any atom is 0.414 e. The Morgan fingerprint density at radius 3 is 2.62 bits per heavy atom. The molecule has 1 aromatic rings. The second kappa shape index (κ2) is 7.53. The van der Waals surface area contributed by atoms with Gasteiger partial charge in [-0.15, -0.1) is 0 Å². The number of allylic oxidation sites excluding steroid dienone is 1. The van der Waals surface area contributed by atoms with E-state index >= 15 is 0 Å². The Morgan fingerprint density at radius 1 is 1.46 bits per heavy atom. The van der Waals surface area contributed by atoms with Crippen LogP contribution in [0.1, 0.15) is 25.3 Å². The third-order valence-corrected chi connectivity index (χ3v) is 4.26. The number of likely N-dealkylation sites (tertiary alicyclic amines) is 1. The number of carbonyl (C=O) groups is 1. The van der Waals surface area contributed by atoms with Crippen LogP contribution in [0, 0.1) is 17.0 Å². The number of rotatable bonds is 4. The number of hydrogen-bond acceptors (Lipinski definition) is 5. The van der Waals surface area contributed by atoms with Crippen molar-refractivity contribution in [3.05, 3.63) is 45.2 Å². The molecule has 1 saturated heterocycles. The van der Waals surface area contributed by atoms with Gasteiger partial charge in [-0.25, -0.2) is 4.79 Å². The lowest BCUT2D eigenvalue weighted by Gasteiger charge is -2.32. The van der Waals surface area contributed by atoms with Crippen molar-refractivity contribution in [3.63, 3.8) is 0 Å². The standard InChI is InChI=1S/C16H20ClN3O4/c1-10(2)24-16(21)19-6-4-12(5-7-19)18-14-8-11(3)13(17)9-15(14)20(22)23/h8-9,12,18H,1,4-7H2,2-3H3. The second-order valence-corrected chi connectivity index (χ2v) is 6.26. The summed E-state index contributed by atoms with van der Waals surface area (Å²) in [4.78, 5) is 24.2. The molecular weight excluding hydrogens is 334 g/mol. The largest absolute Gasteiger partial charge is 0.416 e. The first-order chi connectivity index (χ1) is 11.3. The van der Waals surface area contributed by atoms with Gasteiger partial charge in [0.05, 0.1) is 15.7 Å². The lowest BCUT2D eigenvalue weighted by atomic mass is 10.0. The smallest absolute Gasteiger partial charge is 0.414 e. The molecule has 0 bridgehead atoms. The Labute approximate surface area is 145 Å². The van der Waals surface area contributed by atoms with Gasteiger partial charge >= 0.3 is 6.09 Å². The number of carbonyl (C=O) groups excluding carboxylic acids is 1. The molecule has 0 spiro atoms. The molecule has 0 unspecified atom stereocenters. The molecule has 1 aliphatic heterocycles. The molecule has 1 aromatic carbocycles. The summed E-state index contributed by atoms with van der Waals surface area (Å²) in [5.41, 5.74) is 1.17. The molecule has 0 aromatic heterocycles. The van der Waals surface area contributed by atoms with Gasteiger partial charge < -0.3 is 15.0 Å². The number of nitrogens with one attached hydrogen (secondary N) is 1. The highest BCUT2D eigenvalue weighted by molar-refractivity contribution is 6.31. The summed E-state index contributed by atoms with van der Waals surface area (Å²) in [5, 5.41) is 14.8. The normalized spacial score (nSPS) is 15.0. The average Bonchev–Trinajstić information content (AvgIpc) is 2.50. The van der Waals surface area contributed by atoms with Gasteiger partial charge in [-0.2, -0.15) is 0 Å². The molecule has 1 heterocycles. The van der Waals surface area contributed by atoms with Crippen LogP contribution in [0.4, 0.5) is 16.2 Å². The van der Waals surface area contributed by atoms with Crippen molar-refractivity contribution in [1.29, 1.82) is 0 Å². The number of hydrogen-bond donors (Lipinski definition) is 1. The quantitative estimate of drug-likeness (QED) is 0.500. The monoisotopic (exact) mass is 353 g/mol. The van der Waals surface area contributed by atoms with Crippen LogP contribution < -0.4 is 5.32 Å². The zero-order valence-corrected chi connectivity index (χ0v) is 14.4. The fourth-order valence-corrected chi connectivity index (χ4v) is 2.74. The number of anilines is 1. The summed E-state index contributed by atoms with van der Waals surface area (Å²) < 4.78 is 4.99. The number of amides is 1. The maximum absolute atomic E-state index is 11.8. The zero-order chi connectivity index (χ0) is 17.9. The fourth-order valence-electron chi connectivity index (χ4n) is 2.58. The second-order valence-electron chi connectivity index (χ2n) is 5.85. The minimum atomic E-state index is -0.451. The molecule has 7 nitrogen and oxygen atoms in total. The molecular formula is C16H20ClN3O4. The van der Waals surface area contributed by atoms with Crippen LogP contribution in [0.5, 0.6) is 0 Å². The first-order valence-electron chi connectivity index (χ1n) is 7.61. The highest BCUT2D eigenvalue weighted by atomic mass is 35.5. The molecule has 2 rings (SSSR count). The molecule has 0 radical (unpaired) electrons. The summed E-state index contributed by atoms with van der Waals surface area (Å²) in [6.45, 7) is 8.00. The van der Waals surface area contributed by atoms with E-state index < -0.39 is 11.0 Å². The molecule has 24 heavy (non-hydrogen) atoms. The van der Waals surface area contributed by atoms with Crippen LogP contribution in [-0.4, -0.2) is 35.0 Å². The number of nitrogens with zero attached hydrogens (tertiary/aromatic N) is 2. The highest BCUT2D eigenvalue weighted by Crippen LogP contribution is 2.32. The van der Waals surface area contributed by atoms with Gasteiger partial charge in [-0.3, -0.25) is 10.1 Å². The Balaban J connectivity index is 2.02. The Bertz CT molecular complexity index is 670. The number of benzene rings is 1. The minimum absolute atomic E-state index is 0.0400. The third-order valence-electron chi connectivity index (χ3n) is 3.85. The number of piperidine rings is 1. The van der Waals surface area contributed by atoms with Gasteiger partial charge in [-0.1, -0.05) is 18.2 Å². The molecule has 0 saturated carbocycles. The SMILES string of the molecule is C=C(C)OC(=O)N1CCC(Nc2cc(C)c(Cl)cc2[N+](=O)[O-])CC1. The van der Waals surface area contributed by atoms with Gasteiger partial charge in [0.2, 0.25) is 0 Å². The van der Waals surface area contributed by atoms with Gasteiger partial charge in [0.1, 0.15) is 5.69 Å². The highest BCUT2D eigenvalue weighted by Gasteiger charge is 2.26. The van der Waals surface area contributed by atoms with Gasteiger partial charge in [0.15, 0.2) is 0 Å². The van der Waals surface area contributed by atoms with Crippen molar-refractivity contribution in [1.82, 2.24) is 4.90 Å². The molecule has 0 aliphatic carbocycles. The van der Waals surface area contributed by atoms with Crippen molar-refractivity contribution in [2.75, 3.05) is 18.4 Å². The zero-order valence-electron chi connectivity index (χ0n) is 13.7. The predicted octanol–water partition coefficient (Wildman–Crippen LogP) is 4.10.